The molecule has 0 spiro atoms. The molecule has 2 fully saturated rings. The van der Waals surface area contributed by atoms with Crippen molar-refractivity contribution in [1.82, 2.24) is 25.1 Å². The fourth-order valence-corrected chi connectivity index (χ4v) is 4.02. The van der Waals surface area contributed by atoms with Gasteiger partial charge in [-0.15, -0.1) is 12.4 Å². The summed E-state index contributed by atoms with van der Waals surface area (Å²) in [6.45, 7) is 7.84. The Morgan fingerprint density at radius 1 is 1.07 bits per heavy atom. The Balaban J connectivity index is 0.00000240. The number of hydrogen-bond acceptors (Lipinski definition) is 7. The quantitative estimate of drug-likeness (QED) is 0.794. The number of piperazine rings is 2. The van der Waals surface area contributed by atoms with E-state index in [1.54, 1.807) is 7.11 Å². The molecule has 29 heavy (non-hydrogen) atoms. The number of likely N-dealkylation sites (N-methyl/N-ethyl adjacent to an activating group) is 1. The van der Waals surface area contributed by atoms with E-state index in [9.17, 15) is 0 Å². The van der Waals surface area contributed by atoms with Crippen molar-refractivity contribution in [2.45, 2.75) is 12.6 Å². The second-order valence-electron chi connectivity index (χ2n) is 7.61. The zero-order chi connectivity index (χ0) is 19.3. The molecule has 2 aliphatic heterocycles. The Hall–Kier alpha value is -1.93. The van der Waals surface area contributed by atoms with Gasteiger partial charge in [0.1, 0.15) is 5.75 Å². The Morgan fingerprint density at radius 2 is 1.79 bits per heavy atom. The Kier molecular flexibility index (Phi) is 7.66. The summed E-state index contributed by atoms with van der Waals surface area (Å²) in [5, 5.41) is 3.52. The molecule has 158 valence electrons. The summed E-state index contributed by atoms with van der Waals surface area (Å²) in [5.41, 5.74) is 2.38. The third-order valence-electron chi connectivity index (χ3n) is 5.72. The van der Waals surface area contributed by atoms with Gasteiger partial charge in [-0.2, -0.15) is 0 Å². The maximum absolute atomic E-state index is 5.60. The molecule has 1 N–H and O–H groups in total. The minimum absolute atomic E-state index is 0. The summed E-state index contributed by atoms with van der Waals surface area (Å²) < 4.78 is 5.60. The van der Waals surface area contributed by atoms with E-state index in [0.29, 0.717) is 0 Å². The van der Waals surface area contributed by atoms with Crippen LogP contribution in [0.2, 0.25) is 0 Å². The lowest BCUT2D eigenvalue weighted by Crippen LogP contribution is -2.46. The number of hydrogen-bond donors (Lipinski definition) is 1. The van der Waals surface area contributed by atoms with Crippen molar-refractivity contribution in [3.8, 4) is 5.75 Å². The number of aromatic nitrogens is 2. The Bertz CT molecular complexity index is 766. The first-order valence-corrected chi connectivity index (χ1v) is 10.1. The molecule has 0 saturated carbocycles. The van der Waals surface area contributed by atoms with E-state index in [2.05, 4.69) is 49.2 Å². The lowest BCUT2D eigenvalue weighted by atomic mass is 10.0. The van der Waals surface area contributed by atoms with E-state index in [1.165, 1.54) is 5.56 Å². The van der Waals surface area contributed by atoms with E-state index in [1.807, 2.05) is 24.5 Å². The molecule has 0 radical (unpaired) electrons. The van der Waals surface area contributed by atoms with Gasteiger partial charge in [-0.25, -0.2) is 9.97 Å². The first-order chi connectivity index (χ1) is 13.7. The zero-order valence-corrected chi connectivity index (χ0v) is 18.1. The average molecular weight is 419 g/mol. The van der Waals surface area contributed by atoms with Gasteiger partial charge in [-0.3, -0.25) is 4.90 Å². The highest BCUT2D eigenvalue weighted by atomic mass is 35.5. The highest BCUT2D eigenvalue weighted by Crippen LogP contribution is 2.31. The van der Waals surface area contributed by atoms with Crippen LogP contribution in [-0.4, -0.2) is 79.7 Å². The molecular formula is C21H31ClN6O. The molecule has 1 atom stereocenters. The zero-order valence-electron chi connectivity index (χ0n) is 17.3. The highest BCUT2D eigenvalue weighted by molar-refractivity contribution is 5.85. The molecule has 1 unspecified atom stereocenters. The van der Waals surface area contributed by atoms with Crippen LogP contribution in [0, 0.1) is 0 Å². The van der Waals surface area contributed by atoms with Gasteiger partial charge in [0.25, 0.3) is 0 Å². The van der Waals surface area contributed by atoms with E-state index in [4.69, 9.17) is 4.74 Å². The standard InChI is InChI=1S/C21H30N6O.ClH/c1-25-9-11-26(12-10-25)21-23-13-17(14-24-21)16-27-8-7-22-15-19(27)18-5-3-4-6-20(18)28-2;/h3-6,13-14,19,22H,7-12,15-16H2,1-2H3;1H. The van der Waals surface area contributed by atoms with Crippen LogP contribution < -0.4 is 15.0 Å². The second-order valence-corrected chi connectivity index (χ2v) is 7.61. The van der Waals surface area contributed by atoms with Gasteiger partial charge in [0.05, 0.1) is 13.2 Å². The van der Waals surface area contributed by atoms with Crippen LogP contribution in [-0.2, 0) is 6.54 Å². The first kappa shape index (κ1) is 21.8. The average Bonchev–Trinajstić information content (AvgIpc) is 2.75. The van der Waals surface area contributed by atoms with Crippen molar-refractivity contribution in [1.29, 1.82) is 0 Å². The van der Waals surface area contributed by atoms with Crippen molar-refractivity contribution in [2.24, 2.45) is 0 Å². The van der Waals surface area contributed by atoms with Gasteiger partial charge in [0.15, 0.2) is 0 Å². The predicted molar refractivity (Wildman–Crippen MR) is 118 cm³/mol. The Labute approximate surface area is 179 Å². The van der Waals surface area contributed by atoms with E-state index in [-0.39, 0.29) is 18.4 Å². The van der Waals surface area contributed by atoms with Crippen molar-refractivity contribution >= 4 is 18.4 Å². The number of nitrogens with zero attached hydrogens (tertiary/aromatic N) is 5. The van der Waals surface area contributed by atoms with E-state index < -0.39 is 0 Å². The molecule has 1 aromatic carbocycles. The monoisotopic (exact) mass is 418 g/mol. The number of anilines is 1. The Morgan fingerprint density at radius 3 is 2.52 bits per heavy atom. The molecule has 2 aromatic rings. The van der Waals surface area contributed by atoms with Crippen LogP contribution in [0.1, 0.15) is 17.2 Å². The summed E-state index contributed by atoms with van der Waals surface area (Å²) >= 11 is 0. The third kappa shape index (κ3) is 5.17. The lowest BCUT2D eigenvalue weighted by molar-refractivity contribution is 0.150. The minimum Gasteiger partial charge on any atom is -0.496 e. The molecule has 1 aromatic heterocycles. The molecule has 2 saturated heterocycles. The van der Waals surface area contributed by atoms with Gasteiger partial charge < -0.3 is 19.9 Å². The fraction of sp³-hybridized carbons (Fsp3) is 0.524. The predicted octanol–water partition coefficient (Wildman–Crippen LogP) is 1.81. The number of halogens is 1. The van der Waals surface area contributed by atoms with Gasteiger partial charge in [-0.1, -0.05) is 18.2 Å². The topological polar surface area (TPSA) is 56.8 Å². The van der Waals surface area contributed by atoms with Crippen LogP contribution in [0.25, 0.3) is 0 Å². The molecule has 4 rings (SSSR count). The summed E-state index contributed by atoms with van der Waals surface area (Å²) in [6.07, 6.45) is 3.98. The molecule has 2 aliphatic rings. The molecular weight excluding hydrogens is 388 g/mol. The number of ether oxygens (including phenoxy) is 1. The van der Waals surface area contributed by atoms with Gasteiger partial charge in [0.2, 0.25) is 5.95 Å². The molecule has 7 nitrogen and oxygen atoms in total. The van der Waals surface area contributed by atoms with E-state index in [0.717, 1.165) is 69.6 Å². The smallest absolute Gasteiger partial charge is 0.225 e. The normalized spacial score (nSPS) is 20.9. The van der Waals surface area contributed by atoms with Crippen LogP contribution >= 0.6 is 12.4 Å². The van der Waals surface area contributed by atoms with Crippen molar-refractivity contribution < 1.29 is 4.74 Å². The molecule has 0 bridgehead atoms. The van der Waals surface area contributed by atoms with Crippen LogP contribution in [0.3, 0.4) is 0 Å². The number of nitrogens with one attached hydrogen (secondary N) is 1. The van der Waals surface area contributed by atoms with Gasteiger partial charge >= 0.3 is 0 Å². The summed E-state index contributed by atoms with van der Waals surface area (Å²) in [7, 11) is 3.90. The molecule has 0 aliphatic carbocycles. The SMILES string of the molecule is COc1ccccc1C1CNCCN1Cc1cnc(N2CCN(C)CC2)nc1.Cl. The third-order valence-corrected chi connectivity index (χ3v) is 5.72. The van der Waals surface area contributed by atoms with Gasteiger partial charge in [0, 0.05) is 75.9 Å². The number of methoxy groups -OCH3 is 1. The summed E-state index contributed by atoms with van der Waals surface area (Å²) in [4.78, 5) is 16.4. The van der Waals surface area contributed by atoms with Crippen LogP contribution in [0.15, 0.2) is 36.7 Å². The van der Waals surface area contributed by atoms with Crippen molar-refractivity contribution in [3.05, 3.63) is 47.8 Å². The largest absolute Gasteiger partial charge is 0.496 e. The highest BCUT2D eigenvalue weighted by Gasteiger charge is 2.26. The summed E-state index contributed by atoms with van der Waals surface area (Å²) in [5.74, 6) is 1.79. The fourth-order valence-electron chi connectivity index (χ4n) is 4.02. The van der Waals surface area contributed by atoms with Gasteiger partial charge in [-0.05, 0) is 13.1 Å². The van der Waals surface area contributed by atoms with Crippen molar-refractivity contribution in [2.75, 3.05) is 64.9 Å². The molecule has 3 heterocycles. The maximum atomic E-state index is 5.60. The second kappa shape index (κ2) is 10.2. The van der Waals surface area contributed by atoms with Crippen LogP contribution in [0.4, 0.5) is 5.95 Å². The molecule has 0 amide bonds. The number of rotatable bonds is 5. The number of benzene rings is 1. The van der Waals surface area contributed by atoms with Crippen LogP contribution in [0.5, 0.6) is 5.75 Å². The molecule has 8 heteroatoms. The number of para-hydroxylation sites is 1. The lowest BCUT2D eigenvalue weighted by Gasteiger charge is -2.37. The maximum Gasteiger partial charge on any atom is 0.225 e. The first-order valence-electron chi connectivity index (χ1n) is 10.1. The van der Waals surface area contributed by atoms with Crippen molar-refractivity contribution in [3.63, 3.8) is 0 Å². The summed E-state index contributed by atoms with van der Waals surface area (Å²) in [6, 6.07) is 8.58. The minimum atomic E-state index is 0. The van der Waals surface area contributed by atoms with E-state index >= 15 is 0 Å².